The number of non-ortho nitro benzene ring substituents is 1. The number of nitrogens with zero attached hydrogens (tertiary/aromatic N) is 2. The fraction of sp³-hybridized carbons (Fsp3) is 0.412. The van der Waals surface area contributed by atoms with Crippen molar-refractivity contribution in [3.8, 4) is 0 Å². The normalized spacial score (nSPS) is 23.4. The van der Waals surface area contributed by atoms with Crippen molar-refractivity contribution < 1.29 is 14.4 Å². The number of benzene rings is 1. The molecule has 0 aliphatic carbocycles. The van der Waals surface area contributed by atoms with Crippen LogP contribution in [-0.2, 0) is 9.47 Å². The summed E-state index contributed by atoms with van der Waals surface area (Å²) < 4.78 is 13.2. The first kappa shape index (κ1) is 15.2. The molecule has 2 fully saturated rings. The number of hydrogen-bond acceptors (Lipinski definition) is 5. The van der Waals surface area contributed by atoms with Crippen LogP contribution in [0.3, 0.4) is 0 Å². The van der Waals surface area contributed by atoms with Gasteiger partial charge in [0.25, 0.3) is 5.69 Å². The molecular weight excluding hydrogens is 310 g/mol. The molecule has 1 aromatic carbocycles. The van der Waals surface area contributed by atoms with Gasteiger partial charge >= 0.3 is 0 Å². The molecule has 2 aliphatic rings. The Kier molecular flexibility index (Phi) is 3.74. The zero-order valence-corrected chi connectivity index (χ0v) is 13.3. The summed E-state index contributed by atoms with van der Waals surface area (Å²) in [5, 5.41) is 17.2. The third-order valence-electron chi connectivity index (χ3n) is 4.70. The SMILES string of the molecule is C=c1/c(=C2/COCCN2)c2cc([N+](=O)[O-])ccc2n1C1CCOC1. The predicted octanol–water partition coefficient (Wildman–Crippen LogP) is 0.649. The smallest absolute Gasteiger partial charge is 0.270 e. The Morgan fingerprint density at radius 2 is 2.21 bits per heavy atom. The van der Waals surface area contributed by atoms with Gasteiger partial charge in [-0.3, -0.25) is 10.1 Å². The van der Waals surface area contributed by atoms with Crippen molar-refractivity contribution in [2.24, 2.45) is 0 Å². The molecule has 7 nitrogen and oxygen atoms in total. The molecule has 1 unspecified atom stereocenters. The second-order valence-electron chi connectivity index (χ2n) is 6.13. The summed E-state index contributed by atoms with van der Waals surface area (Å²) in [6.07, 6.45) is 0.919. The number of aromatic nitrogens is 1. The summed E-state index contributed by atoms with van der Waals surface area (Å²) in [4.78, 5) is 10.8. The summed E-state index contributed by atoms with van der Waals surface area (Å²) in [7, 11) is 0. The minimum absolute atomic E-state index is 0.0842. The largest absolute Gasteiger partial charge is 0.384 e. The topological polar surface area (TPSA) is 78.6 Å². The average Bonchev–Trinajstić information content (AvgIpc) is 3.20. The van der Waals surface area contributed by atoms with Gasteiger partial charge in [0.15, 0.2) is 0 Å². The number of nitro groups is 1. The van der Waals surface area contributed by atoms with Crippen LogP contribution in [0, 0.1) is 10.1 Å². The lowest BCUT2D eigenvalue weighted by molar-refractivity contribution is -0.384. The highest BCUT2D eigenvalue weighted by Gasteiger charge is 2.23. The molecule has 1 aromatic heterocycles. The summed E-state index contributed by atoms with van der Waals surface area (Å²) in [5.74, 6) is 0. The molecule has 0 radical (unpaired) electrons. The predicted molar refractivity (Wildman–Crippen MR) is 90.1 cm³/mol. The quantitative estimate of drug-likeness (QED) is 0.646. The zero-order valence-electron chi connectivity index (χ0n) is 13.3. The number of hydrogen-bond donors (Lipinski definition) is 1. The molecule has 7 heteroatoms. The van der Waals surface area contributed by atoms with Crippen LogP contribution in [0.1, 0.15) is 12.5 Å². The van der Waals surface area contributed by atoms with Crippen molar-refractivity contribution in [1.29, 1.82) is 0 Å². The fourth-order valence-corrected chi connectivity index (χ4v) is 3.61. The van der Waals surface area contributed by atoms with Gasteiger partial charge in [-0.15, -0.1) is 0 Å². The average molecular weight is 329 g/mol. The Morgan fingerprint density at radius 1 is 1.33 bits per heavy atom. The van der Waals surface area contributed by atoms with Crippen LogP contribution in [0.25, 0.3) is 23.2 Å². The van der Waals surface area contributed by atoms with Gasteiger partial charge in [-0.25, -0.2) is 0 Å². The van der Waals surface area contributed by atoms with E-state index >= 15 is 0 Å². The highest BCUT2D eigenvalue weighted by atomic mass is 16.6. The summed E-state index contributed by atoms with van der Waals surface area (Å²) in [6.45, 7) is 7.49. The van der Waals surface area contributed by atoms with Crippen LogP contribution < -0.4 is 15.9 Å². The van der Waals surface area contributed by atoms with Crippen LogP contribution in [0.2, 0.25) is 0 Å². The van der Waals surface area contributed by atoms with E-state index in [9.17, 15) is 10.1 Å². The van der Waals surface area contributed by atoms with Crippen molar-refractivity contribution in [1.82, 2.24) is 9.88 Å². The number of nitrogens with one attached hydrogen (secondary N) is 1. The number of morpholine rings is 1. The van der Waals surface area contributed by atoms with Crippen molar-refractivity contribution in [3.05, 3.63) is 38.9 Å². The molecular formula is C17H19N3O4. The molecule has 2 aliphatic heterocycles. The van der Waals surface area contributed by atoms with Crippen molar-refractivity contribution in [2.45, 2.75) is 12.5 Å². The summed E-state index contributed by atoms with van der Waals surface area (Å²) in [6, 6.07) is 5.21. The van der Waals surface area contributed by atoms with E-state index in [0.717, 1.165) is 46.7 Å². The lowest BCUT2D eigenvalue weighted by Crippen LogP contribution is -2.39. The Labute approximate surface area is 138 Å². The van der Waals surface area contributed by atoms with Gasteiger partial charge < -0.3 is 19.4 Å². The number of ether oxygens (including phenoxy) is 2. The maximum Gasteiger partial charge on any atom is 0.270 e. The van der Waals surface area contributed by atoms with Gasteiger partial charge in [0.05, 0.1) is 30.8 Å². The van der Waals surface area contributed by atoms with E-state index < -0.39 is 0 Å². The number of fused-ring (bicyclic) bond motifs is 1. The Morgan fingerprint density at radius 3 is 2.88 bits per heavy atom. The Hall–Kier alpha value is -2.38. The lowest BCUT2D eigenvalue weighted by Gasteiger charge is -2.17. The molecule has 4 rings (SSSR count). The highest BCUT2D eigenvalue weighted by Crippen LogP contribution is 2.24. The number of nitro benzene ring substituents is 1. The van der Waals surface area contributed by atoms with Crippen LogP contribution in [-0.4, -0.2) is 42.5 Å². The molecule has 0 amide bonds. The van der Waals surface area contributed by atoms with Crippen molar-refractivity contribution in [2.75, 3.05) is 33.0 Å². The van der Waals surface area contributed by atoms with Crippen LogP contribution >= 0.6 is 0 Å². The van der Waals surface area contributed by atoms with E-state index in [1.807, 2.05) is 6.07 Å². The van der Waals surface area contributed by atoms with Crippen LogP contribution in [0.4, 0.5) is 5.69 Å². The Balaban J connectivity index is 2.05. The van der Waals surface area contributed by atoms with Crippen molar-refractivity contribution in [3.63, 3.8) is 0 Å². The molecule has 2 saturated heterocycles. The van der Waals surface area contributed by atoms with E-state index in [1.165, 1.54) is 0 Å². The van der Waals surface area contributed by atoms with Crippen LogP contribution in [0.15, 0.2) is 18.2 Å². The number of rotatable bonds is 2. The van der Waals surface area contributed by atoms with Crippen molar-refractivity contribution >= 4 is 28.9 Å². The van der Waals surface area contributed by atoms with E-state index in [4.69, 9.17) is 9.47 Å². The minimum atomic E-state index is -0.364. The highest BCUT2D eigenvalue weighted by molar-refractivity contribution is 5.85. The molecule has 0 saturated carbocycles. The second kappa shape index (κ2) is 5.92. The standard InChI is InChI=1S/C17H19N3O4/c1-11-17(15-10-24-7-5-18-15)14-8-12(20(21)22)2-3-16(14)19(11)13-4-6-23-9-13/h2-3,8,13,18H,1,4-7,9-10H2/b17-15+. The molecule has 0 spiro atoms. The molecule has 1 N–H and O–H groups in total. The Bertz CT molecular complexity index is 904. The first-order chi connectivity index (χ1) is 11.7. The van der Waals surface area contributed by atoms with E-state index in [0.29, 0.717) is 19.8 Å². The second-order valence-corrected chi connectivity index (χ2v) is 6.13. The minimum Gasteiger partial charge on any atom is -0.384 e. The zero-order chi connectivity index (χ0) is 16.7. The summed E-state index contributed by atoms with van der Waals surface area (Å²) >= 11 is 0. The first-order valence-corrected chi connectivity index (χ1v) is 8.06. The third-order valence-corrected chi connectivity index (χ3v) is 4.70. The molecule has 0 bridgehead atoms. The van der Waals surface area contributed by atoms with E-state index in [-0.39, 0.29) is 16.7 Å². The molecule has 1 atom stereocenters. The lowest BCUT2D eigenvalue weighted by atomic mass is 10.1. The first-order valence-electron chi connectivity index (χ1n) is 8.06. The monoisotopic (exact) mass is 329 g/mol. The van der Waals surface area contributed by atoms with Crippen LogP contribution in [0.5, 0.6) is 0 Å². The van der Waals surface area contributed by atoms with E-state index in [2.05, 4.69) is 16.5 Å². The van der Waals surface area contributed by atoms with Gasteiger partial charge in [-0.2, -0.15) is 0 Å². The molecule has 24 heavy (non-hydrogen) atoms. The summed E-state index contributed by atoms with van der Waals surface area (Å²) in [5.41, 5.74) is 1.98. The maximum atomic E-state index is 11.2. The van der Waals surface area contributed by atoms with Gasteiger partial charge in [0.2, 0.25) is 0 Å². The van der Waals surface area contributed by atoms with E-state index in [1.54, 1.807) is 12.1 Å². The maximum absolute atomic E-state index is 11.2. The fourth-order valence-electron chi connectivity index (χ4n) is 3.61. The molecule has 2 aromatic rings. The molecule has 126 valence electrons. The third kappa shape index (κ3) is 2.37. The van der Waals surface area contributed by atoms with Gasteiger partial charge in [0, 0.05) is 52.5 Å². The van der Waals surface area contributed by atoms with Gasteiger partial charge in [0.1, 0.15) is 0 Å². The van der Waals surface area contributed by atoms with Gasteiger partial charge in [-0.05, 0) is 12.5 Å². The molecule has 3 heterocycles. The van der Waals surface area contributed by atoms with Gasteiger partial charge in [-0.1, -0.05) is 6.58 Å².